The Bertz CT molecular complexity index is 728. The van der Waals surface area contributed by atoms with Gasteiger partial charge in [-0.05, 0) is 30.5 Å². The Morgan fingerprint density at radius 2 is 2.29 bits per heavy atom. The van der Waals surface area contributed by atoms with Gasteiger partial charge in [-0.1, -0.05) is 6.92 Å². The quantitative estimate of drug-likeness (QED) is 0.673. The zero-order valence-electron chi connectivity index (χ0n) is 13.8. The van der Waals surface area contributed by atoms with Gasteiger partial charge in [-0.2, -0.15) is 0 Å². The summed E-state index contributed by atoms with van der Waals surface area (Å²) in [7, 11) is 0. The number of nitro groups is 1. The molecule has 1 aromatic carbocycles. The molecule has 3 rings (SSSR count). The fourth-order valence-corrected chi connectivity index (χ4v) is 3.43. The average Bonchev–Trinajstić information content (AvgIpc) is 3.10. The van der Waals surface area contributed by atoms with E-state index in [1.54, 1.807) is 12.1 Å². The number of anilines is 1. The Hall–Kier alpha value is -2.41. The molecule has 0 saturated carbocycles. The van der Waals surface area contributed by atoms with Gasteiger partial charge in [-0.3, -0.25) is 10.1 Å². The van der Waals surface area contributed by atoms with Crippen molar-refractivity contribution in [3.63, 3.8) is 0 Å². The molecule has 1 aliphatic rings. The van der Waals surface area contributed by atoms with E-state index in [9.17, 15) is 15.2 Å². The normalized spacial score (nSPS) is 17.9. The van der Waals surface area contributed by atoms with Crippen LogP contribution in [0.3, 0.4) is 0 Å². The summed E-state index contributed by atoms with van der Waals surface area (Å²) in [6.45, 7) is 3.44. The molecule has 0 bridgehead atoms. The summed E-state index contributed by atoms with van der Waals surface area (Å²) >= 11 is 0. The van der Waals surface area contributed by atoms with Crippen LogP contribution in [0, 0.1) is 10.1 Å². The molecule has 24 heavy (non-hydrogen) atoms. The highest BCUT2D eigenvalue weighted by molar-refractivity contribution is 5.64. The predicted octanol–water partition coefficient (Wildman–Crippen LogP) is 2.69. The number of benzene rings is 1. The Morgan fingerprint density at radius 3 is 3.00 bits per heavy atom. The van der Waals surface area contributed by atoms with Crippen molar-refractivity contribution in [3.8, 4) is 0 Å². The third kappa shape index (κ3) is 3.12. The van der Waals surface area contributed by atoms with Gasteiger partial charge in [0.25, 0.3) is 5.69 Å². The molecule has 2 aromatic rings. The smallest absolute Gasteiger partial charge is 0.292 e. The number of imidazole rings is 1. The molecular formula is C17H22N4O3. The molecule has 128 valence electrons. The van der Waals surface area contributed by atoms with E-state index in [0.717, 1.165) is 31.6 Å². The van der Waals surface area contributed by atoms with Crippen molar-refractivity contribution in [2.45, 2.75) is 38.8 Å². The maximum absolute atomic E-state index is 11.4. The molecule has 0 amide bonds. The number of aliphatic hydroxyl groups excluding tert-OH is 1. The van der Waals surface area contributed by atoms with Crippen molar-refractivity contribution >= 4 is 11.4 Å². The van der Waals surface area contributed by atoms with E-state index in [0.29, 0.717) is 17.8 Å². The first kappa shape index (κ1) is 16.4. The highest BCUT2D eigenvalue weighted by Crippen LogP contribution is 2.34. The van der Waals surface area contributed by atoms with Crippen molar-refractivity contribution in [3.05, 3.63) is 52.1 Å². The zero-order valence-corrected chi connectivity index (χ0v) is 13.8. The van der Waals surface area contributed by atoms with Gasteiger partial charge in [-0.15, -0.1) is 0 Å². The maximum atomic E-state index is 11.4. The molecule has 1 saturated heterocycles. The molecule has 1 atom stereocenters. The second kappa shape index (κ2) is 7.00. The number of nitro benzene ring substituents is 1. The fourth-order valence-electron chi connectivity index (χ4n) is 3.43. The summed E-state index contributed by atoms with van der Waals surface area (Å²) in [4.78, 5) is 17.5. The fraction of sp³-hybridized carbons (Fsp3) is 0.471. The van der Waals surface area contributed by atoms with Gasteiger partial charge in [0, 0.05) is 38.0 Å². The first-order valence-corrected chi connectivity index (χ1v) is 8.28. The van der Waals surface area contributed by atoms with Gasteiger partial charge in [-0.25, -0.2) is 4.98 Å². The van der Waals surface area contributed by atoms with E-state index in [1.807, 2.05) is 12.4 Å². The van der Waals surface area contributed by atoms with Gasteiger partial charge in [0.2, 0.25) is 0 Å². The summed E-state index contributed by atoms with van der Waals surface area (Å²) in [5.41, 5.74) is 1.37. The monoisotopic (exact) mass is 330 g/mol. The van der Waals surface area contributed by atoms with Crippen LogP contribution >= 0.6 is 0 Å². The molecule has 1 aliphatic heterocycles. The maximum Gasteiger partial charge on any atom is 0.292 e. The first-order chi connectivity index (χ1) is 11.6. The lowest BCUT2D eigenvalue weighted by Gasteiger charge is -2.35. The molecule has 0 spiro atoms. The highest BCUT2D eigenvalue weighted by atomic mass is 16.6. The Balaban J connectivity index is 1.91. The van der Waals surface area contributed by atoms with Crippen LogP contribution in [-0.4, -0.2) is 32.7 Å². The molecule has 0 radical (unpaired) electrons. The van der Waals surface area contributed by atoms with Crippen molar-refractivity contribution in [2.24, 2.45) is 0 Å². The molecule has 1 unspecified atom stereocenters. The lowest BCUT2D eigenvalue weighted by atomic mass is 10.0. The standard InChI is InChI=1S/C17H22N4O3/c1-2-17-18-7-9-20(17)14-4-3-8-19(11-14)16-10-13(12-22)5-6-15(16)21(23)24/h5-7,9-10,14,22H,2-4,8,11-12H2,1H3. The Labute approximate surface area is 140 Å². The number of piperidine rings is 1. The second-order valence-electron chi connectivity index (χ2n) is 6.08. The first-order valence-electron chi connectivity index (χ1n) is 8.28. The van der Waals surface area contributed by atoms with E-state index in [2.05, 4.69) is 21.4 Å². The van der Waals surface area contributed by atoms with E-state index >= 15 is 0 Å². The number of aryl methyl sites for hydroxylation is 1. The van der Waals surface area contributed by atoms with Crippen LogP contribution in [0.4, 0.5) is 11.4 Å². The molecule has 1 N–H and O–H groups in total. The molecule has 0 aliphatic carbocycles. The number of aliphatic hydroxyl groups is 1. The molecule has 1 fully saturated rings. The van der Waals surface area contributed by atoms with Gasteiger partial charge in [0.15, 0.2) is 0 Å². The number of nitrogens with zero attached hydrogens (tertiary/aromatic N) is 4. The van der Waals surface area contributed by atoms with Crippen LogP contribution < -0.4 is 4.90 Å². The molecule has 1 aromatic heterocycles. The Kier molecular flexibility index (Phi) is 4.80. The zero-order chi connectivity index (χ0) is 17.1. The average molecular weight is 330 g/mol. The van der Waals surface area contributed by atoms with Crippen LogP contribution in [0.25, 0.3) is 0 Å². The lowest BCUT2D eigenvalue weighted by molar-refractivity contribution is -0.384. The number of rotatable bonds is 5. The van der Waals surface area contributed by atoms with Gasteiger partial charge < -0.3 is 14.6 Å². The van der Waals surface area contributed by atoms with Crippen molar-refractivity contribution < 1.29 is 10.0 Å². The van der Waals surface area contributed by atoms with Crippen molar-refractivity contribution in [1.82, 2.24) is 9.55 Å². The Morgan fingerprint density at radius 1 is 1.46 bits per heavy atom. The summed E-state index contributed by atoms with van der Waals surface area (Å²) in [6, 6.07) is 5.08. The minimum absolute atomic E-state index is 0.0918. The van der Waals surface area contributed by atoms with Crippen LogP contribution in [0.15, 0.2) is 30.6 Å². The summed E-state index contributed by atoms with van der Waals surface area (Å²) in [5.74, 6) is 1.04. The third-order valence-electron chi connectivity index (χ3n) is 4.61. The molecular weight excluding hydrogens is 308 g/mol. The topological polar surface area (TPSA) is 84.4 Å². The SMILES string of the molecule is CCc1nccn1C1CCCN(c2cc(CO)ccc2[N+](=O)[O-])C1. The number of hydrogen-bond acceptors (Lipinski definition) is 5. The molecule has 2 heterocycles. The van der Waals surface area contributed by atoms with Gasteiger partial charge in [0.1, 0.15) is 11.5 Å². The van der Waals surface area contributed by atoms with Crippen LogP contribution in [0.5, 0.6) is 0 Å². The third-order valence-corrected chi connectivity index (χ3v) is 4.61. The minimum Gasteiger partial charge on any atom is -0.392 e. The molecule has 7 nitrogen and oxygen atoms in total. The lowest BCUT2D eigenvalue weighted by Crippen LogP contribution is -2.37. The van der Waals surface area contributed by atoms with Crippen molar-refractivity contribution in [2.75, 3.05) is 18.0 Å². The number of aromatic nitrogens is 2. The molecule has 7 heteroatoms. The summed E-state index contributed by atoms with van der Waals surface area (Å²) in [5, 5.41) is 20.7. The highest BCUT2D eigenvalue weighted by Gasteiger charge is 2.27. The van der Waals surface area contributed by atoms with Crippen LogP contribution in [0.2, 0.25) is 0 Å². The van der Waals surface area contributed by atoms with E-state index < -0.39 is 0 Å². The predicted molar refractivity (Wildman–Crippen MR) is 91.1 cm³/mol. The van der Waals surface area contributed by atoms with Crippen LogP contribution in [-0.2, 0) is 13.0 Å². The second-order valence-corrected chi connectivity index (χ2v) is 6.08. The largest absolute Gasteiger partial charge is 0.392 e. The van der Waals surface area contributed by atoms with Crippen molar-refractivity contribution in [1.29, 1.82) is 0 Å². The summed E-state index contributed by atoms with van der Waals surface area (Å²) < 4.78 is 2.19. The summed E-state index contributed by atoms with van der Waals surface area (Å²) in [6.07, 6.45) is 6.67. The number of hydrogen-bond donors (Lipinski definition) is 1. The minimum atomic E-state index is -0.352. The van der Waals surface area contributed by atoms with Gasteiger partial charge in [0.05, 0.1) is 17.6 Å². The van der Waals surface area contributed by atoms with Crippen LogP contribution in [0.1, 0.15) is 37.2 Å². The van der Waals surface area contributed by atoms with E-state index in [4.69, 9.17) is 0 Å². The van der Waals surface area contributed by atoms with Gasteiger partial charge >= 0.3 is 0 Å². The van der Waals surface area contributed by atoms with E-state index in [1.165, 1.54) is 6.07 Å². The van der Waals surface area contributed by atoms with E-state index in [-0.39, 0.29) is 23.3 Å².